The van der Waals surface area contributed by atoms with Crippen LogP contribution in [0.3, 0.4) is 0 Å². The zero-order valence-electron chi connectivity index (χ0n) is 22.1. The van der Waals surface area contributed by atoms with Crippen LogP contribution in [-0.4, -0.2) is 50.6 Å². The summed E-state index contributed by atoms with van der Waals surface area (Å²) >= 11 is 0. The summed E-state index contributed by atoms with van der Waals surface area (Å²) in [6.45, 7) is 7.30. The summed E-state index contributed by atoms with van der Waals surface area (Å²) in [6, 6.07) is 19.7. The van der Waals surface area contributed by atoms with Gasteiger partial charge in [0.25, 0.3) is 11.8 Å². The van der Waals surface area contributed by atoms with Gasteiger partial charge in [0.15, 0.2) is 0 Å². The van der Waals surface area contributed by atoms with Crippen LogP contribution in [0.2, 0.25) is 0 Å². The Morgan fingerprint density at radius 3 is 2.34 bits per heavy atom. The van der Waals surface area contributed by atoms with E-state index in [1.54, 1.807) is 30.6 Å². The Balaban J connectivity index is 1.21. The molecular weight excluding hydrogens is 476 g/mol. The predicted molar refractivity (Wildman–Crippen MR) is 149 cm³/mol. The minimum absolute atomic E-state index is 0.0333. The minimum Gasteiger partial charge on any atom is -0.368 e. The van der Waals surface area contributed by atoms with E-state index in [0.717, 1.165) is 22.6 Å². The fourth-order valence-electron chi connectivity index (χ4n) is 4.61. The second-order valence-electron chi connectivity index (χ2n) is 10.1. The van der Waals surface area contributed by atoms with Gasteiger partial charge in [-0.25, -0.2) is 4.98 Å². The van der Waals surface area contributed by atoms with E-state index in [1.807, 2.05) is 55.6 Å². The van der Waals surface area contributed by atoms with Crippen molar-refractivity contribution in [2.24, 2.45) is 7.05 Å². The molecule has 1 aliphatic heterocycles. The van der Waals surface area contributed by atoms with Gasteiger partial charge in [0, 0.05) is 55.7 Å². The van der Waals surface area contributed by atoms with Crippen LogP contribution in [0.5, 0.6) is 0 Å². The fourth-order valence-corrected chi connectivity index (χ4v) is 4.61. The van der Waals surface area contributed by atoms with E-state index in [-0.39, 0.29) is 17.9 Å². The molecule has 2 aromatic heterocycles. The number of hydrogen-bond acceptors (Lipinski definition) is 5. The number of anilines is 2. The molecular formula is C30H32N6O2. The highest BCUT2D eigenvalue weighted by Crippen LogP contribution is 2.31. The maximum Gasteiger partial charge on any atom is 0.257 e. The van der Waals surface area contributed by atoms with Crippen LogP contribution in [0.4, 0.5) is 11.5 Å². The van der Waals surface area contributed by atoms with Gasteiger partial charge in [0.05, 0.1) is 11.3 Å². The van der Waals surface area contributed by atoms with Gasteiger partial charge in [-0.3, -0.25) is 14.3 Å². The Kier molecular flexibility index (Phi) is 6.96. The van der Waals surface area contributed by atoms with E-state index in [2.05, 4.69) is 45.0 Å². The predicted octanol–water partition coefficient (Wildman–Crippen LogP) is 5.10. The topological polar surface area (TPSA) is 92.2 Å². The molecule has 0 aliphatic carbocycles. The summed E-state index contributed by atoms with van der Waals surface area (Å²) < 4.78 is 1.86. The Labute approximate surface area is 222 Å². The lowest BCUT2D eigenvalue weighted by molar-refractivity contribution is 0.0602. The van der Waals surface area contributed by atoms with Crippen LogP contribution in [0.15, 0.2) is 73.1 Å². The molecule has 2 N–H and O–H groups in total. The molecule has 5 rings (SSSR count). The molecule has 3 heterocycles. The standard InChI is InChI=1S/C30H32N6O2/c1-19(2)33-28-12-11-24(16-31-28)29(37)34-26-15-23(6-5-20(26)3)30(38)36-17-25(18-36)21-7-9-22(10-8-21)27-13-14-32-35(27)4/h5-16,19,25H,17-18H2,1-4H3,(H,31,33)(H,34,37). The fraction of sp³-hybridized carbons (Fsp3) is 0.267. The molecule has 1 aliphatic rings. The molecule has 8 nitrogen and oxygen atoms in total. The Bertz CT molecular complexity index is 1450. The Hall–Kier alpha value is -4.46. The first-order valence-electron chi connectivity index (χ1n) is 12.8. The molecule has 2 aromatic carbocycles. The number of pyridine rings is 1. The van der Waals surface area contributed by atoms with E-state index < -0.39 is 0 Å². The van der Waals surface area contributed by atoms with Crippen molar-refractivity contribution in [3.8, 4) is 11.3 Å². The van der Waals surface area contributed by atoms with Crippen molar-refractivity contribution in [3.05, 3.63) is 95.3 Å². The van der Waals surface area contributed by atoms with E-state index in [9.17, 15) is 9.59 Å². The highest BCUT2D eigenvalue weighted by molar-refractivity contribution is 6.05. The molecule has 8 heteroatoms. The number of carbonyl (C=O) groups is 2. The summed E-state index contributed by atoms with van der Waals surface area (Å²) in [5, 5.41) is 10.4. The molecule has 1 saturated heterocycles. The van der Waals surface area contributed by atoms with Crippen LogP contribution < -0.4 is 10.6 Å². The molecule has 0 bridgehead atoms. The van der Waals surface area contributed by atoms with Crippen molar-refractivity contribution >= 4 is 23.3 Å². The first-order valence-corrected chi connectivity index (χ1v) is 12.8. The number of nitrogens with zero attached hydrogens (tertiary/aromatic N) is 4. The summed E-state index contributed by atoms with van der Waals surface area (Å²) in [5.41, 5.74) is 5.93. The van der Waals surface area contributed by atoms with Gasteiger partial charge in [-0.2, -0.15) is 5.10 Å². The minimum atomic E-state index is -0.264. The first kappa shape index (κ1) is 25.2. The molecule has 0 spiro atoms. The molecule has 4 aromatic rings. The van der Waals surface area contributed by atoms with Crippen molar-refractivity contribution in [1.82, 2.24) is 19.7 Å². The number of benzene rings is 2. The third-order valence-electron chi connectivity index (χ3n) is 6.86. The second-order valence-corrected chi connectivity index (χ2v) is 10.1. The zero-order chi connectivity index (χ0) is 26.8. The molecule has 0 atom stereocenters. The molecule has 38 heavy (non-hydrogen) atoms. The number of rotatable bonds is 7. The third kappa shape index (κ3) is 5.29. The van der Waals surface area contributed by atoms with Crippen LogP contribution in [0, 0.1) is 6.92 Å². The van der Waals surface area contributed by atoms with Gasteiger partial charge < -0.3 is 15.5 Å². The zero-order valence-corrected chi connectivity index (χ0v) is 22.1. The van der Waals surface area contributed by atoms with Crippen molar-refractivity contribution in [2.45, 2.75) is 32.7 Å². The van der Waals surface area contributed by atoms with E-state index >= 15 is 0 Å². The van der Waals surface area contributed by atoms with Crippen molar-refractivity contribution < 1.29 is 9.59 Å². The normalized spacial score (nSPS) is 13.3. The van der Waals surface area contributed by atoms with Gasteiger partial charge in [-0.15, -0.1) is 0 Å². The maximum absolute atomic E-state index is 13.2. The Morgan fingerprint density at radius 1 is 0.974 bits per heavy atom. The SMILES string of the molecule is Cc1ccc(C(=O)N2CC(c3ccc(-c4ccnn4C)cc3)C2)cc1NC(=O)c1ccc(NC(C)C)nc1. The lowest BCUT2D eigenvalue weighted by Gasteiger charge is -2.39. The second kappa shape index (κ2) is 10.5. The van der Waals surface area contributed by atoms with E-state index in [1.165, 1.54) is 5.56 Å². The lowest BCUT2D eigenvalue weighted by Crippen LogP contribution is -2.48. The van der Waals surface area contributed by atoms with Crippen LogP contribution >= 0.6 is 0 Å². The smallest absolute Gasteiger partial charge is 0.257 e. The maximum atomic E-state index is 13.2. The monoisotopic (exact) mass is 508 g/mol. The average molecular weight is 509 g/mol. The summed E-state index contributed by atoms with van der Waals surface area (Å²) in [6.07, 6.45) is 3.34. The Morgan fingerprint density at radius 2 is 1.71 bits per heavy atom. The quantitative estimate of drug-likeness (QED) is 0.362. The summed E-state index contributed by atoms with van der Waals surface area (Å²) in [4.78, 5) is 32.2. The third-order valence-corrected chi connectivity index (χ3v) is 6.86. The highest BCUT2D eigenvalue weighted by Gasteiger charge is 2.32. The van der Waals surface area contributed by atoms with Gasteiger partial charge in [-0.1, -0.05) is 30.3 Å². The molecule has 1 fully saturated rings. The molecule has 0 saturated carbocycles. The van der Waals surface area contributed by atoms with Gasteiger partial charge in [-0.05, 0) is 67.8 Å². The number of aromatic nitrogens is 3. The molecule has 2 amide bonds. The van der Waals surface area contributed by atoms with E-state index in [0.29, 0.717) is 35.8 Å². The number of carbonyl (C=O) groups excluding carboxylic acids is 2. The summed E-state index contributed by atoms with van der Waals surface area (Å²) in [5.74, 6) is 0.733. The van der Waals surface area contributed by atoms with Crippen molar-refractivity contribution in [1.29, 1.82) is 0 Å². The van der Waals surface area contributed by atoms with Crippen LogP contribution in [-0.2, 0) is 7.05 Å². The van der Waals surface area contributed by atoms with E-state index in [4.69, 9.17) is 0 Å². The number of amides is 2. The summed E-state index contributed by atoms with van der Waals surface area (Å²) in [7, 11) is 1.93. The lowest BCUT2D eigenvalue weighted by atomic mass is 9.90. The van der Waals surface area contributed by atoms with Gasteiger partial charge in [0.2, 0.25) is 0 Å². The average Bonchev–Trinajstić information content (AvgIpc) is 3.30. The number of likely N-dealkylation sites (tertiary alicyclic amines) is 1. The van der Waals surface area contributed by atoms with Gasteiger partial charge >= 0.3 is 0 Å². The number of hydrogen-bond donors (Lipinski definition) is 2. The van der Waals surface area contributed by atoms with Crippen LogP contribution in [0.1, 0.15) is 51.6 Å². The van der Waals surface area contributed by atoms with Crippen molar-refractivity contribution in [3.63, 3.8) is 0 Å². The van der Waals surface area contributed by atoms with Gasteiger partial charge in [0.1, 0.15) is 5.82 Å². The number of aryl methyl sites for hydroxylation is 2. The molecule has 194 valence electrons. The van der Waals surface area contributed by atoms with Crippen LogP contribution in [0.25, 0.3) is 11.3 Å². The molecule has 0 unspecified atom stereocenters. The number of nitrogens with one attached hydrogen (secondary N) is 2. The highest BCUT2D eigenvalue weighted by atomic mass is 16.2. The largest absolute Gasteiger partial charge is 0.368 e. The molecule has 0 radical (unpaired) electrons. The van der Waals surface area contributed by atoms with Crippen molar-refractivity contribution in [2.75, 3.05) is 23.7 Å². The first-order chi connectivity index (χ1) is 18.3.